The molecule has 0 radical (unpaired) electrons. The van der Waals surface area contributed by atoms with Crippen LogP contribution < -0.4 is 10.1 Å². The second kappa shape index (κ2) is 5.21. The van der Waals surface area contributed by atoms with Gasteiger partial charge in [0.05, 0.1) is 6.61 Å². The van der Waals surface area contributed by atoms with Crippen LogP contribution in [0.25, 0.3) is 0 Å². The third-order valence-corrected chi connectivity index (χ3v) is 5.58. The number of hydrogen-bond acceptors (Lipinski definition) is 4. The van der Waals surface area contributed by atoms with Crippen LogP contribution in [0.1, 0.15) is 55.9 Å². The van der Waals surface area contributed by atoms with Crippen molar-refractivity contribution < 1.29 is 9.53 Å². The Bertz CT molecular complexity index is 552. The van der Waals surface area contributed by atoms with Crippen LogP contribution in [0.15, 0.2) is 12.4 Å². The number of hydrogen-bond donors (Lipinski definition) is 1. The monoisotopic (exact) mass is 301 g/mol. The highest BCUT2D eigenvalue weighted by Crippen LogP contribution is 2.55. The van der Waals surface area contributed by atoms with E-state index in [1.807, 2.05) is 6.92 Å². The molecule has 1 N–H and O–H groups in total. The van der Waals surface area contributed by atoms with Crippen molar-refractivity contribution in [3.05, 3.63) is 18.1 Å². The van der Waals surface area contributed by atoms with Crippen LogP contribution >= 0.6 is 0 Å². The molecule has 0 spiro atoms. The largest absolute Gasteiger partial charge is 0.478 e. The molecule has 5 heteroatoms. The molecule has 0 aliphatic heterocycles. The van der Waals surface area contributed by atoms with Gasteiger partial charge in [0.25, 0.3) is 5.91 Å². The molecule has 0 atom stereocenters. The van der Waals surface area contributed by atoms with Gasteiger partial charge < -0.3 is 10.1 Å². The van der Waals surface area contributed by atoms with E-state index in [9.17, 15) is 4.79 Å². The Labute approximate surface area is 130 Å². The second-order valence-corrected chi connectivity index (χ2v) is 7.33. The smallest absolute Gasteiger partial charge is 0.270 e. The number of carbonyl (C=O) groups excluding carboxylic acids is 1. The number of carbonyl (C=O) groups is 1. The molecular weight excluding hydrogens is 278 g/mol. The molecule has 0 aromatic carbocycles. The zero-order valence-corrected chi connectivity index (χ0v) is 13.0. The van der Waals surface area contributed by atoms with Gasteiger partial charge in [0.2, 0.25) is 5.88 Å². The Morgan fingerprint density at radius 3 is 2.45 bits per heavy atom. The molecule has 4 aliphatic rings. The van der Waals surface area contributed by atoms with Crippen LogP contribution in [0.2, 0.25) is 0 Å². The van der Waals surface area contributed by atoms with Gasteiger partial charge in [-0.15, -0.1) is 0 Å². The summed E-state index contributed by atoms with van der Waals surface area (Å²) in [5, 5.41) is 3.33. The third-order valence-electron chi connectivity index (χ3n) is 5.58. The van der Waals surface area contributed by atoms with E-state index in [2.05, 4.69) is 15.3 Å². The van der Waals surface area contributed by atoms with Gasteiger partial charge in [0, 0.05) is 11.6 Å². The summed E-state index contributed by atoms with van der Waals surface area (Å²) in [5.74, 6) is 2.83. The van der Waals surface area contributed by atoms with E-state index in [1.165, 1.54) is 25.6 Å². The summed E-state index contributed by atoms with van der Waals surface area (Å²) >= 11 is 0. The van der Waals surface area contributed by atoms with Gasteiger partial charge in [-0.25, -0.2) is 9.97 Å². The van der Waals surface area contributed by atoms with Crippen molar-refractivity contribution in [3.63, 3.8) is 0 Å². The summed E-state index contributed by atoms with van der Waals surface area (Å²) in [7, 11) is 0. The lowest BCUT2D eigenvalue weighted by Gasteiger charge is -2.56. The molecule has 118 valence electrons. The Morgan fingerprint density at radius 2 is 1.86 bits per heavy atom. The van der Waals surface area contributed by atoms with Crippen molar-refractivity contribution >= 4 is 5.91 Å². The number of nitrogens with zero attached hydrogens (tertiary/aromatic N) is 2. The van der Waals surface area contributed by atoms with Crippen LogP contribution in [0.3, 0.4) is 0 Å². The maximum atomic E-state index is 12.6. The first-order valence-electron chi connectivity index (χ1n) is 8.43. The van der Waals surface area contributed by atoms with Gasteiger partial charge in [-0.1, -0.05) is 0 Å². The number of ether oxygens (including phenoxy) is 1. The van der Waals surface area contributed by atoms with E-state index >= 15 is 0 Å². The Kier molecular flexibility index (Phi) is 3.31. The number of rotatable bonds is 4. The van der Waals surface area contributed by atoms with Crippen LogP contribution in [0.4, 0.5) is 0 Å². The zero-order valence-electron chi connectivity index (χ0n) is 13.0. The van der Waals surface area contributed by atoms with Crippen molar-refractivity contribution in [1.82, 2.24) is 15.3 Å². The molecule has 1 heterocycles. The van der Waals surface area contributed by atoms with E-state index < -0.39 is 0 Å². The molecule has 5 nitrogen and oxygen atoms in total. The molecular formula is C17H23N3O2. The fourth-order valence-corrected chi connectivity index (χ4v) is 5.26. The van der Waals surface area contributed by atoms with E-state index in [0.29, 0.717) is 18.2 Å². The highest BCUT2D eigenvalue weighted by atomic mass is 16.5. The van der Waals surface area contributed by atoms with E-state index in [1.54, 1.807) is 6.07 Å². The average Bonchev–Trinajstić information content (AvgIpc) is 2.46. The summed E-state index contributed by atoms with van der Waals surface area (Å²) in [6.07, 6.45) is 8.96. The van der Waals surface area contributed by atoms with Gasteiger partial charge in [-0.05, 0) is 63.2 Å². The lowest BCUT2D eigenvalue weighted by molar-refractivity contribution is -0.0168. The zero-order chi connectivity index (χ0) is 15.2. The molecule has 1 aromatic rings. The highest BCUT2D eigenvalue weighted by molar-refractivity contribution is 5.93. The standard InChI is InChI=1S/C17H23N3O2/c1-2-22-15-6-14(18-10-19-15)16(21)20-17-7-11-3-12(8-17)5-13(4-11)9-17/h6,10-13H,2-5,7-9H2,1H3,(H,20,21). The fourth-order valence-electron chi connectivity index (χ4n) is 5.26. The molecule has 0 unspecified atom stereocenters. The Morgan fingerprint density at radius 1 is 1.23 bits per heavy atom. The van der Waals surface area contributed by atoms with E-state index in [0.717, 1.165) is 37.0 Å². The average molecular weight is 301 g/mol. The second-order valence-electron chi connectivity index (χ2n) is 7.33. The van der Waals surface area contributed by atoms with Crippen LogP contribution in [0, 0.1) is 17.8 Å². The Balaban J connectivity index is 1.51. The van der Waals surface area contributed by atoms with Gasteiger partial charge >= 0.3 is 0 Å². The Hall–Kier alpha value is -1.65. The van der Waals surface area contributed by atoms with E-state index in [-0.39, 0.29) is 11.4 Å². The first kappa shape index (κ1) is 14.0. The lowest BCUT2D eigenvalue weighted by atomic mass is 9.53. The number of aromatic nitrogens is 2. The summed E-state index contributed by atoms with van der Waals surface area (Å²) in [6.45, 7) is 2.43. The quantitative estimate of drug-likeness (QED) is 0.928. The van der Waals surface area contributed by atoms with Gasteiger partial charge in [-0.2, -0.15) is 0 Å². The van der Waals surface area contributed by atoms with Crippen molar-refractivity contribution in [2.24, 2.45) is 17.8 Å². The minimum Gasteiger partial charge on any atom is -0.478 e. The topological polar surface area (TPSA) is 64.1 Å². The highest BCUT2D eigenvalue weighted by Gasteiger charge is 2.51. The SMILES string of the molecule is CCOc1cc(C(=O)NC23CC4CC(CC(C4)C2)C3)ncn1. The van der Waals surface area contributed by atoms with Gasteiger partial charge in [-0.3, -0.25) is 4.79 Å². The van der Waals surface area contributed by atoms with Crippen LogP contribution in [0.5, 0.6) is 5.88 Å². The summed E-state index contributed by atoms with van der Waals surface area (Å²) in [6, 6.07) is 1.64. The first-order valence-corrected chi connectivity index (χ1v) is 8.43. The predicted octanol–water partition coefficient (Wildman–Crippen LogP) is 2.57. The third kappa shape index (κ3) is 2.46. The van der Waals surface area contributed by atoms with Crippen LogP contribution in [-0.2, 0) is 0 Å². The van der Waals surface area contributed by atoms with Crippen molar-refractivity contribution in [1.29, 1.82) is 0 Å². The molecule has 1 amide bonds. The summed E-state index contributed by atoms with van der Waals surface area (Å²) in [4.78, 5) is 20.8. The normalized spacial score (nSPS) is 35.4. The predicted molar refractivity (Wildman–Crippen MR) is 81.6 cm³/mol. The van der Waals surface area contributed by atoms with Crippen molar-refractivity contribution in [2.75, 3.05) is 6.61 Å². The molecule has 4 fully saturated rings. The number of nitrogens with one attached hydrogen (secondary N) is 1. The summed E-state index contributed by atoms with van der Waals surface area (Å²) in [5.41, 5.74) is 0.428. The maximum absolute atomic E-state index is 12.6. The molecule has 5 rings (SSSR count). The maximum Gasteiger partial charge on any atom is 0.270 e. The minimum absolute atomic E-state index is 0.0164. The van der Waals surface area contributed by atoms with Gasteiger partial charge in [0.15, 0.2) is 0 Å². The molecule has 22 heavy (non-hydrogen) atoms. The molecule has 4 aliphatic carbocycles. The van der Waals surface area contributed by atoms with Crippen molar-refractivity contribution in [2.45, 2.75) is 51.0 Å². The van der Waals surface area contributed by atoms with E-state index in [4.69, 9.17) is 4.74 Å². The lowest BCUT2D eigenvalue weighted by Crippen LogP contribution is -2.59. The molecule has 4 bridgehead atoms. The minimum atomic E-state index is -0.0784. The fraction of sp³-hybridized carbons (Fsp3) is 0.706. The molecule has 0 saturated heterocycles. The van der Waals surface area contributed by atoms with Gasteiger partial charge in [0.1, 0.15) is 12.0 Å². The van der Waals surface area contributed by atoms with Crippen molar-refractivity contribution in [3.8, 4) is 5.88 Å². The summed E-state index contributed by atoms with van der Waals surface area (Å²) < 4.78 is 5.36. The first-order chi connectivity index (χ1) is 10.7. The van der Waals surface area contributed by atoms with Crippen LogP contribution in [-0.4, -0.2) is 28.0 Å². The molecule has 4 saturated carbocycles. The molecule has 1 aromatic heterocycles. The number of amides is 1.